The lowest BCUT2D eigenvalue weighted by molar-refractivity contribution is -0.118. The molecule has 0 spiro atoms. The lowest BCUT2D eigenvalue weighted by Gasteiger charge is -2.08. The van der Waals surface area contributed by atoms with E-state index in [4.69, 9.17) is 0 Å². The first-order valence-electron chi connectivity index (χ1n) is 3.36. The SMILES string of the molecule is [CH2]C(CNC(C)=O)SCC. The zero-order chi connectivity index (χ0) is 7.98. The molecule has 0 aromatic heterocycles. The molecule has 2 nitrogen and oxygen atoms in total. The molecule has 59 valence electrons. The number of hydrogen-bond donors (Lipinski definition) is 1. The van der Waals surface area contributed by atoms with Gasteiger partial charge in [0.2, 0.25) is 5.91 Å². The van der Waals surface area contributed by atoms with Crippen LogP contribution in [0.15, 0.2) is 0 Å². The predicted octanol–water partition coefficient (Wildman–Crippen LogP) is 1.08. The standard InChI is InChI=1S/C7H14NOS/c1-4-10-6(2)5-8-7(3)9/h6H,2,4-5H2,1,3H3,(H,8,9). The molecule has 0 bridgehead atoms. The average Bonchev–Trinajstić information content (AvgIpc) is 1.85. The molecule has 1 N–H and O–H groups in total. The Bertz CT molecular complexity index is 106. The van der Waals surface area contributed by atoms with Crippen molar-refractivity contribution < 1.29 is 4.79 Å². The fraction of sp³-hybridized carbons (Fsp3) is 0.714. The summed E-state index contributed by atoms with van der Waals surface area (Å²) in [4.78, 5) is 10.4. The fourth-order valence-electron chi connectivity index (χ4n) is 0.552. The fourth-order valence-corrected chi connectivity index (χ4v) is 1.22. The molecule has 0 aliphatic heterocycles. The van der Waals surface area contributed by atoms with Crippen LogP contribution in [0, 0.1) is 6.92 Å². The molecule has 0 saturated heterocycles. The van der Waals surface area contributed by atoms with E-state index in [2.05, 4.69) is 19.2 Å². The van der Waals surface area contributed by atoms with E-state index in [-0.39, 0.29) is 11.2 Å². The Balaban J connectivity index is 3.21. The van der Waals surface area contributed by atoms with Gasteiger partial charge in [0.05, 0.1) is 0 Å². The summed E-state index contributed by atoms with van der Waals surface area (Å²) in [6.07, 6.45) is 0. The second-order valence-corrected chi connectivity index (χ2v) is 3.59. The summed E-state index contributed by atoms with van der Waals surface area (Å²) < 4.78 is 0. The van der Waals surface area contributed by atoms with Gasteiger partial charge in [0.15, 0.2) is 0 Å². The molecule has 10 heavy (non-hydrogen) atoms. The van der Waals surface area contributed by atoms with Crippen molar-refractivity contribution in [3.63, 3.8) is 0 Å². The number of thioether (sulfide) groups is 1. The molecular formula is C7H14NOS. The number of hydrogen-bond acceptors (Lipinski definition) is 2. The molecule has 0 fully saturated rings. The minimum atomic E-state index is 0.0188. The van der Waals surface area contributed by atoms with E-state index in [1.165, 1.54) is 6.92 Å². The van der Waals surface area contributed by atoms with Gasteiger partial charge in [-0.2, -0.15) is 11.8 Å². The summed E-state index contributed by atoms with van der Waals surface area (Å²) in [5.41, 5.74) is 0. The molecule has 1 radical (unpaired) electrons. The summed E-state index contributed by atoms with van der Waals surface area (Å²) in [5.74, 6) is 1.07. The van der Waals surface area contributed by atoms with Crippen LogP contribution in [-0.4, -0.2) is 23.5 Å². The topological polar surface area (TPSA) is 29.1 Å². The number of rotatable bonds is 4. The summed E-state index contributed by atoms with van der Waals surface area (Å²) in [6.45, 7) is 8.12. The Morgan fingerprint density at radius 3 is 2.80 bits per heavy atom. The van der Waals surface area contributed by atoms with Crippen molar-refractivity contribution in [1.82, 2.24) is 5.32 Å². The first-order chi connectivity index (χ1) is 4.66. The third kappa shape index (κ3) is 5.95. The monoisotopic (exact) mass is 160 g/mol. The van der Waals surface area contributed by atoms with Gasteiger partial charge in [-0.3, -0.25) is 4.79 Å². The van der Waals surface area contributed by atoms with E-state index in [9.17, 15) is 4.79 Å². The second kappa shape index (κ2) is 5.59. The van der Waals surface area contributed by atoms with Gasteiger partial charge >= 0.3 is 0 Å². The number of nitrogens with one attached hydrogen (secondary N) is 1. The highest BCUT2D eigenvalue weighted by molar-refractivity contribution is 7.99. The molecule has 0 aliphatic rings. The largest absolute Gasteiger partial charge is 0.355 e. The Labute approximate surface area is 66.8 Å². The molecule has 0 heterocycles. The Kier molecular flexibility index (Phi) is 5.49. The maximum Gasteiger partial charge on any atom is 0.216 e. The van der Waals surface area contributed by atoms with Gasteiger partial charge in [0.25, 0.3) is 0 Å². The summed E-state index contributed by atoms with van der Waals surface area (Å²) >= 11 is 1.75. The van der Waals surface area contributed by atoms with E-state index < -0.39 is 0 Å². The highest BCUT2D eigenvalue weighted by atomic mass is 32.2. The smallest absolute Gasteiger partial charge is 0.216 e. The molecule has 1 unspecified atom stereocenters. The number of amides is 1. The number of carbonyl (C=O) groups excluding carboxylic acids is 1. The zero-order valence-corrected chi connectivity index (χ0v) is 7.33. The van der Waals surface area contributed by atoms with Gasteiger partial charge in [0.1, 0.15) is 0 Å². The van der Waals surface area contributed by atoms with Crippen LogP contribution in [0.25, 0.3) is 0 Å². The highest BCUT2D eigenvalue weighted by Crippen LogP contribution is 2.06. The summed E-state index contributed by atoms with van der Waals surface area (Å²) in [6, 6.07) is 0. The predicted molar refractivity (Wildman–Crippen MR) is 46.0 cm³/mol. The molecular weight excluding hydrogens is 146 g/mol. The quantitative estimate of drug-likeness (QED) is 0.666. The van der Waals surface area contributed by atoms with E-state index >= 15 is 0 Å². The van der Waals surface area contributed by atoms with Gasteiger partial charge in [-0.15, -0.1) is 0 Å². The van der Waals surface area contributed by atoms with E-state index in [0.717, 1.165) is 5.75 Å². The molecule has 0 rings (SSSR count). The van der Waals surface area contributed by atoms with Crippen LogP contribution in [0.2, 0.25) is 0 Å². The average molecular weight is 160 g/mol. The van der Waals surface area contributed by atoms with Gasteiger partial charge in [-0.05, 0) is 12.7 Å². The molecule has 1 amide bonds. The summed E-state index contributed by atoms with van der Waals surface area (Å²) in [7, 11) is 0. The molecule has 0 aromatic rings. The van der Waals surface area contributed by atoms with Crippen LogP contribution in [0.3, 0.4) is 0 Å². The maximum absolute atomic E-state index is 10.4. The summed E-state index contributed by atoms with van der Waals surface area (Å²) in [5, 5.41) is 2.99. The second-order valence-electron chi connectivity index (χ2n) is 2.01. The van der Waals surface area contributed by atoms with Crippen molar-refractivity contribution >= 4 is 17.7 Å². The van der Waals surface area contributed by atoms with Crippen LogP contribution in [0.1, 0.15) is 13.8 Å². The van der Waals surface area contributed by atoms with Crippen molar-refractivity contribution in [3.8, 4) is 0 Å². The first kappa shape index (κ1) is 9.82. The van der Waals surface area contributed by atoms with Crippen molar-refractivity contribution in [1.29, 1.82) is 0 Å². The third-order valence-corrected chi connectivity index (χ3v) is 1.95. The van der Waals surface area contributed by atoms with Crippen LogP contribution < -0.4 is 5.32 Å². The molecule has 3 heteroatoms. The minimum absolute atomic E-state index is 0.0188. The van der Waals surface area contributed by atoms with E-state index in [1.807, 2.05) is 0 Å². The van der Waals surface area contributed by atoms with Gasteiger partial charge in [0, 0.05) is 18.7 Å². The van der Waals surface area contributed by atoms with Crippen LogP contribution in [-0.2, 0) is 4.79 Å². The lowest BCUT2D eigenvalue weighted by atomic mass is 10.4. The molecule has 1 atom stereocenters. The maximum atomic E-state index is 10.4. The first-order valence-corrected chi connectivity index (χ1v) is 4.40. The van der Waals surface area contributed by atoms with Gasteiger partial charge < -0.3 is 5.32 Å². The van der Waals surface area contributed by atoms with E-state index in [1.54, 1.807) is 11.8 Å². The van der Waals surface area contributed by atoms with Crippen molar-refractivity contribution in [2.45, 2.75) is 19.1 Å². The van der Waals surface area contributed by atoms with Gasteiger partial charge in [-0.1, -0.05) is 6.92 Å². The van der Waals surface area contributed by atoms with Crippen molar-refractivity contribution in [3.05, 3.63) is 6.92 Å². The van der Waals surface area contributed by atoms with Crippen LogP contribution in [0.5, 0.6) is 0 Å². The molecule has 0 aromatic carbocycles. The third-order valence-electron chi connectivity index (χ3n) is 0.981. The highest BCUT2D eigenvalue weighted by Gasteiger charge is 2.00. The van der Waals surface area contributed by atoms with Crippen LogP contribution >= 0.6 is 11.8 Å². The molecule has 0 aliphatic carbocycles. The van der Waals surface area contributed by atoms with E-state index in [0.29, 0.717) is 6.54 Å². The van der Waals surface area contributed by atoms with Gasteiger partial charge in [-0.25, -0.2) is 0 Å². The molecule has 0 saturated carbocycles. The van der Waals surface area contributed by atoms with Crippen molar-refractivity contribution in [2.24, 2.45) is 0 Å². The Morgan fingerprint density at radius 1 is 1.80 bits per heavy atom. The lowest BCUT2D eigenvalue weighted by Crippen LogP contribution is -2.27. The zero-order valence-electron chi connectivity index (χ0n) is 6.52. The van der Waals surface area contributed by atoms with Crippen molar-refractivity contribution in [2.75, 3.05) is 12.3 Å². The minimum Gasteiger partial charge on any atom is -0.355 e. The normalized spacial score (nSPS) is 12.7. The number of carbonyl (C=O) groups is 1. The Morgan fingerprint density at radius 2 is 2.40 bits per heavy atom. The van der Waals surface area contributed by atoms with Crippen LogP contribution in [0.4, 0.5) is 0 Å². The Hall–Kier alpha value is -0.180.